The number of aromatic nitrogens is 1. The van der Waals surface area contributed by atoms with Gasteiger partial charge in [0.25, 0.3) is 0 Å². The van der Waals surface area contributed by atoms with Crippen LogP contribution >= 0.6 is 0 Å². The molecule has 5 heteroatoms. The largest absolute Gasteiger partial charge is 0.494 e. The Labute approximate surface area is 139 Å². The summed E-state index contributed by atoms with van der Waals surface area (Å²) in [6, 6.07) is 10.2. The lowest BCUT2D eigenvalue weighted by molar-refractivity contribution is -0.105. The first kappa shape index (κ1) is 15.9. The summed E-state index contributed by atoms with van der Waals surface area (Å²) in [7, 11) is 1.60. The van der Waals surface area contributed by atoms with Crippen LogP contribution in [0.5, 0.6) is 5.75 Å². The van der Waals surface area contributed by atoms with Crippen molar-refractivity contribution in [3.8, 4) is 5.75 Å². The van der Waals surface area contributed by atoms with Crippen molar-refractivity contribution in [3.63, 3.8) is 0 Å². The summed E-state index contributed by atoms with van der Waals surface area (Å²) in [5.74, 6) is 0.433. The van der Waals surface area contributed by atoms with E-state index in [1.54, 1.807) is 25.4 Å². The fourth-order valence-electron chi connectivity index (χ4n) is 2.82. The van der Waals surface area contributed by atoms with Crippen LogP contribution < -0.4 is 10.1 Å². The van der Waals surface area contributed by atoms with Gasteiger partial charge in [0.05, 0.1) is 12.8 Å². The zero-order valence-corrected chi connectivity index (χ0v) is 13.5. The van der Waals surface area contributed by atoms with Gasteiger partial charge < -0.3 is 10.1 Å². The number of hydrogen-bond acceptors (Lipinski definition) is 3. The van der Waals surface area contributed by atoms with Crippen LogP contribution in [0.4, 0.5) is 10.1 Å². The predicted molar refractivity (Wildman–Crippen MR) is 91.9 cm³/mol. The third kappa shape index (κ3) is 3.06. The number of carbonyl (C=O) groups excluding carboxylic acids is 1. The summed E-state index contributed by atoms with van der Waals surface area (Å²) in [4.78, 5) is 15.4. The van der Waals surface area contributed by atoms with Crippen molar-refractivity contribution in [1.29, 1.82) is 0 Å². The van der Waals surface area contributed by atoms with Gasteiger partial charge in [-0.05, 0) is 54.3 Å². The minimum Gasteiger partial charge on any atom is -0.494 e. The van der Waals surface area contributed by atoms with Gasteiger partial charge in [-0.15, -0.1) is 0 Å². The van der Waals surface area contributed by atoms with Gasteiger partial charge in [-0.3, -0.25) is 9.78 Å². The summed E-state index contributed by atoms with van der Waals surface area (Å²) < 4.78 is 18.5. The molecule has 3 rings (SSSR count). The molecular formula is C19H17FN2O2. The SMILES string of the molecule is COc1c(C)cc(NC=O)c2cc(Cc3ccc(F)cc3)cnc12. The van der Waals surface area contributed by atoms with Crippen molar-refractivity contribution >= 4 is 23.0 Å². The molecule has 2 aromatic carbocycles. The topological polar surface area (TPSA) is 51.2 Å². The molecule has 4 nitrogen and oxygen atoms in total. The first-order valence-electron chi connectivity index (χ1n) is 7.53. The number of rotatable bonds is 5. The fraction of sp³-hybridized carbons (Fsp3) is 0.158. The van der Waals surface area contributed by atoms with Gasteiger partial charge in [-0.1, -0.05) is 12.1 Å². The number of ether oxygens (including phenoxy) is 1. The average molecular weight is 324 g/mol. The number of benzene rings is 2. The second-order valence-corrected chi connectivity index (χ2v) is 5.58. The third-order valence-electron chi connectivity index (χ3n) is 3.91. The molecule has 3 aromatic rings. The Morgan fingerprint density at radius 3 is 2.62 bits per heavy atom. The second-order valence-electron chi connectivity index (χ2n) is 5.58. The van der Waals surface area contributed by atoms with E-state index in [2.05, 4.69) is 10.3 Å². The summed E-state index contributed by atoms with van der Waals surface area (Å²) in [5.41, 5.74) is 4.24. The minimum atomic E-state index is -0.256. The van der Waals surface area contributed by atoms with E-state index in [9.17, 15) is 9.18 Å². The monoisotopic (exact) mass is 324 g/mol. The second kappa shape index (κ2) is 6.66. The highest BCUT2D eigenvalue weighted by Crippen LogP contribution is 2.34. The number of methoxy groups -OCH3 is 1. The average Bonchev–Trinajstić information content (AvgIpc) is 2.58. The summed E-state index contributed by atoms with van der Waals surface area (Å²) >= 11 is 0. The number of carbonyl (C=O) groups is 1. The normalized spacial score (nSPS) is 10.6. The minimum absolute atomic E-state index is 0.256. The van der Waals surface area contributed by atoms with Crippen LogP contribution in [-0.4, -0.2) is 18.5 Å². The maximum Gasteiger partial charge on any atom is 0.211 e. The van der Waals surface area contributed by atoms with E-state index in [1.165, 1.54) is 12.1 Å². The number of halogens is 1. The highest BCUT2D eigenvalue weighted by atomic mass is 19.1. The Bertz CT molecular complexity index is 892. The molecule has 122 valence electrons. The van der Waals surface area contributed by atoms with Gasteiger partial charge in [0, 0.05) is 11.6 Å². The molecular weight excluding hydrogens is 307 g/mol. The van der Waals surface area contributed by atoms with Gasteiger partial charge in [-0.2, -0.15) is 0 Å². The molecule has 0 saturated carbocycles. The Kier molecular flexibility index (Phi) is 4.42. The molecule has 0 spiro atoms. The van der Waals surface area contributed by atoms with E-state index < -0.39 is 0 Å². The van der Waals surface area contributed by atoms with Gasteiger partial charge in [-0.25, -0.2) is 4.39 Å². The zero-order chi connectivity index (χ0) is 17.1. The molecule has 0 fully saturated rings. The molecule has 0 aliphatic heterocycles. The van der Waals surface area contributed by atoms with E-state index >= 15 is 0 Å². The number of nitrogens with one attached hydrogen (secondary N) is 1. The van der Waals surface area contributed by atoms with Crippen molar-refractivity contribution in [1.82, 2.24) is 4.98 Å². The summed E-state index contributed by atoms with van der Waals surface area (Å²) in [5, 5.41) is 3.52. The third-order valence-corrected chi connectivity index (χ3v) is 3.91. The molecule has 0 aliphatic carbocycles. The summed E-state index contributed by atoms with van der Waals surface area (Å²) in [6.45, 7) is 1.91. The smallest absolute Gasteiger partial charge is 0.211 e. The summed E-state index contributed by atoms with van der Waals surface area (Å²) in [6.07, 6.45) is 3.05. The van der Waals surface area contributed by atoms with E-state index in [0.29, 0.717) is 29.8 Å². The van der Waals surface area contributed by atoms with Gasteiger partial charge in [0.1, 0.15) is 17.1 Å². The van der Waals surface area contributed by atoms with E-state index in [1.807, 2.05) is 19.1 Å². The number of aryl methyl sites for hydroxylation is 1. The maximum absolute atomic E-state index is 13.0. The Balaban J connectivity index is 2.08. The number of anilines is 1. The van der Waals surface area contributed by atoms with Crippen molar-refractivity contribution in [2.24, 2.45) is 0 Å². The molecule has 0 aliphatic rings. The Hall–Kier alpha value is -2.95. The molecule has 1 N–H and O–H groups in total. The van der Waals surface area contributed by atoms with Crippen molar-refractivity contribution < 1.29 is 13.9 Å². The first-order chi connectivity index (χ1) is 11.6. The number of hydrogen-bond donors (Lipinski definition) is 1. The highest BCUT2D eigenvalue weighted by molar-refractivity contribution is 5.99. The number of pyridine rings is 1. The van der Waals surface area contributed by atoms with Gasteiger partial charge in [0.15, 0.2) is 0 Å². The maximum atomic E-state index is 13.0. The van der Waals surface area contributed by atoms with E-state index in [4.69, 9.17) is 4.74 Å². The lowest BCUT2D eigenvalue weighted by Crippen LogP contribution is -2.00. The van der Waals surface area contributed by atoms with Gasteiger partial charge in [0.2, 0.25) is 6.41 Å². The standard InChI is InChI=1S/C19H17FN2O2/c1-12-7-17(22-11-23)16-9-14(10-21-18(16)19(12)24-2)8-13-3-5-15(20)6-4-13/h3-7,9-11H,8H2,1-2H3,(H,22,23). The molecule has 0 bridgehead atoms. The Morgan fingerprint density at radius 2 is 1.96 bits per heavy atom. The number of amides is 1. The number of nitrogens with zero attached hydrogens (tertiary/aromatic N) is 1. The van der Waals surface area contributed by atoms with Crippen LogP contribution in [0.25, 0.3) is 10.9 Å². The molecule has 0 saturated heterocycles. The quantitative estimate of drug-likeness (QED) is 0.725. The van der Waals surface area contributed by atoms with Crippen LogP contribution in [-0.2, 0) is 11.2 Å². The molecule has 0 unspecified atom stereocenters. The molecule has 0 radical (unpaired) electrons. The van der Waals surface area contributed by atoms with Crippen LogP contribution in [0.2, 0.25) is 0 Å². The van der Waals surface area contributed by atoms with Gasteiger partial charge >= 0.3 is 0 Å². The van der Waals surface area contributed by atoms with Crippen LogP contribution in [0.1, 0.15) is 16.7 Å². The van der Waals surface area contributed by atoms with E-state index in [-0.39, 0.29) is 5.82 Å². The van der Waals surface area contributed by atoms with Crippen molar-refractivity contribution in [3.05, 3.63) is 65.1 Å². The first-order valence-corrected chi connectivity index (χ1v) is 7.53. The molecule has 0 atom stereocenters. The highest BCUT2D eigenvalue weighted by Gasteiger charge is 2.12. The van der Waals surface area contributed by atoms with Crippen LogP contribution in [0.15, 0.2) is 42.6 Å². The lowest BCUT2D eigenvalue weighted by atomic mass is 10.0. The van der Waals surface area contributed by atoms with Crippen molar-refractivity contribution in [2.75, 3.05) is 12.4 Å². The molecule has 1 amide bonds. The Morgan fingerprint density at radius 1 is 1.21 bits per heavy atom. The number of fused-ring (bicyclic) bond motifs is 1. The molecule has 24 heavy (non-hydrogen) atoms. The van der Waals surface area contributed by atoms with E-state index in [0.717, 1.165) is 22.1 Å². The van der Waals surface area contributed by atoms with Crippen LogP contribution in [0, 0.1) is 12.7 Å². The fourth-order valence-corrected chi connectivity index (χ4v) is 2.82. The van der Waals surface area contributed by atoms with Crippen LogP contribution in [0.3, 0.4) is 0 Å². The lowest BCUT2D eigenvalue weighted by Gasteiger charge is -2.13. The molecule has 1 aromatic heterocycles. The molecule has 1 heterocycles. The zero-order valence-electron chi connectivity index (χ0n) is 13.5. The van der Waals surface area contributed by atoms with Crippen molar-refractivity contribution in [2.45, 2.75) is 13.3 Å². The predicted octanol–water partition coefficient (Wildman–Crippen LogP) is 3.85.